The van der Waals surface area contributed by atoms with Crippen LogP contribution in [0, 0.1) is 13.8 Å². The average Bonchev–Trinajstić information content (AvgIpc) is 3.42. The molecule has 0 saturated carbocycles. The van der Waals surface area contributed by atoms with E-state index in [0.717, 1.165) is 16.1 Å². The monoisotopic (exact) mass is 479 g/mol. The number of carbonyl (C=O) groups is 2. The fourth-order valence-corrected chi connectivity index (χ4v) is 4.43. The molecule has 0 spiro atoms. The van der Waals surface area contributed by atoms with Gasteiger partial charge in [-0.15, -0.1) is 11.3 Å². The molecular formula is C25H22ClN3O3S. The van der Waals surface area contributed by atoms with E-state index in [9.17, 15) is 9.59 Å². The second-order valence-corrected chi connectivity index (χ2v) is 9.12. The molecule has 4 aromatic rings. The molecule has 0 saturated heterocycles. The summed E-state index contributed by atoms with van der Waals surface area (Å²) >= 11 is 7.48. The number of rotatable bonds is 6. The summed E-state index contributed by atoms with van der Waals surface area (Å²) < 4.78 is 7.24. The number of nitrogens with one attached hydrogen (secondary N) is 1. The number of hydrogen-bond acceptors (Lipinski definition) is 4. The second-order valence-electron chi connectivity index (χ2n) is 7.50. The molecule has 6 nitrogen and oxygen atoms in total. The summed E-state index contributed by atoms with van der Waals surface area (Å²) in [5.41, 5.74) is 3.05. The molecule has 4 rings (SSSR count). The molecule has 0 atom stereocenters. The van der Waals surface area contributed by atoms with E-state index < -0.39 is 0 Å². The van der Waals surface area contributed by atoms with E-state index in [1.165, 1.54) is 11.3 Å². The number of furan rings is 1. The number of carbonyl (C=O) groups excluding carboxylic acids is 2. The van der Waals surface area contributed by atoms with Crippen molar-refractivity contribution in [2.24, 2.45) is 4.99 Å². The van der Waals surface area contributed by atoms with Crippen molar-refractivity contribution in [3.05, 3.63) is 110 Å². The fraction of sp³-hybridized carbons (Fsp3) is 0.160. The van der Waals surface area contributed by atoms with Gasteiger partial charge in [-0.3, -0.25) is 9.59 Å². The third kappa shape index (κ3) is 5.50. The Morgan fingerprint density at radius 1 is 1.06 bits per heavy atom. The van der Waals surface area contributed by atoms with Crippen LogP contribution in [-0.2, 0) is 13.1 Å². The standard InChI is InChI=1S/C25H22ClN3O3S/c1-16-17(2)33-25(28-24(31)20-5-3-6-21(26)13-20)29(16)15-18-8-10-19(11-9-18)23(30)27-14-22-7-4-12-32-22/h3-13H,14-15H2,1-2H3,(H,27,30). The zero-order chi connectivity index (χ0) is 23.4. The van der Waals surface area contributed by atoms with Crippen molar-refractivity contribution in [2.75, 3.05) is 0 Å². The molecule has 8 heteroatoms. The topological polar surface area (TPSA) is 76.6 Å². The van der Waals surface area contributed by atoms with Crippen LogP contribution in [0.1, 0.15) is 42.6 Å². The quantitative estimate of drug-likeness (QED) is 0.416. The van der Waals surface area contributed by atoms with Crippen molar-refractivity contribution in [3.8, 4) is 0 Å². The summed E-state index contributed by atoms with van der Waals surface area (Å²) in [6, 6.07) is 17.7. The molecule has 168 valence electrons. The number of benzene rings is 2. The Hall–Kier alpha value is -3.42. The van der Waals surface area contributed by atoms with Gasteiger partial charge < -0.3 is 14.3 Å². The Kier molecular flexibility index (Phi) is 6.91. The highest BCUT2D eigenvalue weighted by Crippen LogP contribution is 2.15. The molecule has 33 heavy (non-hydrogen) atoms. The van der Waals surface area contributed by atoms with Gasteiger partial charge in [0.1, 0.15) is 5.76 Å². The van der Waals surface area contributed by atoms with E-state index in [1.807, 2.05) is 36.6 Å². The van der Waals surface area contributed by atoms with Crippen molar-refractivity contribution in [1.29, 1.82) is 0 Å². The lowest BCUT2D eigenvalue weighted by molar-refractivity contribution is 0.0946. The molecule has 0 bridgehead atoms. The molecule has 0 radical (unpaired) electrons. The second kappa shape index (κ2) is 10.0. The van der Waals surface area contributed by atoms with Crippen molar-refractivity contribution < 1.29 is 14.0 Å². The maximum Gasteiger partial charge on any atom is 0.279 e. The van der Waals surface area contributed by atoms with Gasteiger partial charge in [-0.05, 0) is 61.9 Å². The lowest BCUT2D eigenvalue weighted by Crippen LogP contribution is -2.22. The number of halogens is 1. The molecule has 1 N–H and O–H groups in total. The van der Waals surface area contributed by atoms with Crippen LogP contribution in [0.4, 0.5) is 0 Å². The molecule has 0 unspecified atom stereocenters. The summed E-state index contributed by atoms with van der Waals surface area (Å²) in [4.78, 5) is 31.1. The number of amides is 2. The molecule has 2 aromatic heterocycles. The first-order chi connectivity index (χ1) is 15.9. The molecule has 0 fully saturated rings. The first-order valence-corrected chi connectivity index (χ1v) is 11.5. The maximum absolute atomic E-state index is 12.7. The molecule has 0 aliphatic carbocycles. The van der Waals surface area contributed by atoms with Crippen LogP contribution in [-0.4, -0.2) is 16.4 Å². The maximum atomic E-state index is 12.7. The van der Waals surface area contributed by atoms with Crippen LogP contribution in [0.5, 0.6) is 0 Å². The number of aromatic nitrogens is 1. The van der Waals surface area contributed by atoms with Crippen LogP contribution >= 0.6 is 22.9 Å². The summed E-state index contributed by atoms with van der Waals surface area (Å²) in [5.74, 6) is 0.190. The lowest BCUT2D eigenvalue weighted by Gasteiger charge is -2.08. The van der Waals surface area contributed by atoms with Crippen LogP contribution in [0.25, 0.3) is 0 Å². The van der Waals surface area contributed by atoms with E-state index in [0.29, 0.717) is 39.8 Å². The highest BCUT2D eigenvalue weighted by Gasteiger charge is 2.11. The Bertz CT molecular complexity index is 1350. The number of nitrogens with zero attached hydrogens (tertiary/aromatic N) is 2. The van der Waals surface area contributed by atoms with Crippen LogP contribution in [0.2, 0.25) is 5.02 Å². The van der Waals surface area contributed by atoms with E-state index in [2.05, 4.69) is 10.3 Å². The van der Waals surface area contributed by atoms with Crippen molar-refractivity contribution >= 4 is 34.8 Å². The highest BCUT2D eigenvalue weighted by molar-refractivity contribution is 7.09. The van der Waals surface area contributed by atoms with Gasteiger partial charge in [0, 0.05) is 26.7 Å². The Balaban J connectivity index is 1.52. The van der Waals surface area contributed by atoms with E-state index in [-0.39, 0.29) is 11.8 Å². The minimum Gasteiger partial charge on any atom is -0.467 e. The van der Waals surface area contributed by atoms with Crippen LogP contribution in [0.15, 0.2) is 76.3 Å². The SMILES string of the molecule is Cc1sc(=NC(=O)c2cccc(Cl)c2)n(Cc2ccc(C(=O)NCc3ccco3)cc2)c1C. The van der Waals surface area contributed by atoms with Crippen molar-refractivity contribution in [2.45, 2.75) is 26.9 Å². The molecule has 2 heterocycles. The predicted molar refractivity (Wildman–Crippen MR) is 129 cm³/mol. The van der Waals surface area contributed by atoms with Crippen molar-refractivity contribution in [1.82, 2.24) is 9.88 Å². The summed E-state index contributed by atoms with van der Waals surface area (Å²) in [5, 5.41) is 3.33. The number of aryl methyl sites for hydroxylation is 1. The van der Waals surface area contributed by atoms with Crippen LogP contribution in [0.3, 0.4) is 0 Å². The summed E-state index contributed by atoms with van der Waals surface area (Å²) in [6.07, 6.45) is 1.57. The molecule has 2 aromatic carbocycles. The van der Waals surface area contributed by atoms with Crippen LogP contribution < -0.4 is 10.1 Å². The Morgan fingerprint density at radius 3 is 2.55 bits per heavy atom. The van der Waals surface area contributed by atoms with Gasteiger partial charge in [-0.25, -0.2) is 0 Å². The highest BCUT2D eigenvalue weighted by atomic mass is 35.5. The largest absolute Gasteiger partial charge is 0.467 e. The Morgan fingerprint density at radius 2 is 1.85 bits per heavy atom. The van der Waals surface area contributed by atoms with E-state index in [1.54, 1.807) is 48.7 Å². The van der Waals surface area contributed by atoms with Crippen molar-refractivity contribution in [3.63, 3.8) is 0 Å². The zero-order valence-electron chi connectivity index (χ0n) is 18.2. The van der Waals surface area contributed by atoms with Gasteiger partial charge in [0.2, 0.25) is 0 Å². The summed E-state index contributed by atoms with van der Waals surface area (Å²) in [7, 11) is 0. The predicted octanol–water partition coefficient (Wildman–Crippen LogP) is 5.13. The zero-order valence-corrected chi connectivity index (χ0v) is 19.7. The molecule has 0 aliphatic heterocycles. The molecule has 2 amide bonds. The number of hydrogen-bond donors (Lipinski definition) is 1. The van der Waals surface area contributed by atoms with Gasteiger partial charge in [0.05, 0.1) is 19.4 Å². The Labute approximate surface area is 200 Å². The van der Waals surface area contributed by atoms with Gasteiger partial charge in [-0.1, -0.05) is 29.8 Å². The number of thiazole rings is 1. The normalized spacial score (nSPS) is 11.5. The lowest BCUT2D eigenvalue weighted by atomic mass is 10.1. The third-order valence-electron chi connectivity index (χ3n) is 5.22. The molecular weight excluding hydrogens is 458 g/mol. The smallest absolute Gasteiger partial charge is 0.279 e. The minimum atomic E-state index is -0.337. The van der Waals surface area contributed by atoms with Gasteiger partial charge >= 0.3 is 0 Å². The van der Waals surface area contributed by atoms with Gasteiger partial charge in [-0.2, -0.15) is 4.99 Å². The third-order valence-corrected chi connectivity index (χ3v) is 6.55. The first-order valence-electron chi connectivity index (χ1n) is 10.3. The minimum absolute atomic E-state index is 0.170. The van der Waals surface area contributed by atoms with E-state index >= 15 is 0 Å². The summed E-state index contributed by atoms with van der Waals surface area (Å²) in [6.45, 7) is 4.88. The first kappa shape index (κ1) is 22.8. The average molecular weight is 480 g/mol. The van der Waals surface area contributed by atoms with Gasteiger partial charge in [0.15, 0.2) is 4.80 Å². The fourth-order valence-electron chi connectivity index (χ4n) is 3.27. The van der Waals surface area contributed by atoms with Gasteiger partial charge in [0.25, 0.3) is 11.8 Å². The molecule has 0 aliphatic rings. The van der Waals surface area contributed by atoms with E-state index in [4.69, 9.17) is 16.0 Å².